The lowest BCUT2D eigenvalue weighted by Crippen LogP contribution is -2.43. The predicted octanol–water partition coefficient (Wildman–Crippen LogP) is 1.94. The lowest BCUT2D eigenvalue weighted by atomic mass is 9.92. The highest BCUT2D eigenvalue weighted by molar-refractivity contribution is 5.97. The molecule has 2 heterocycles. The molecule has 5 heteroatoms. The summed E-state index contributed by atoms with van der Waals surface area (Å²) < 4.78 is 0. The van der Waals surface area contributed by atoms with E-state index in [1.807, 2.05) is 6.07 Å². The number of oxime groups is 1. The normalized spacial score (nSPS) is 27.4. The Morgan fingerprint density at radius 3 is 3.05 bits per heavy atom. The molecule has 1 aliphatic heterocycles. The summed E-state index contributed by atoms with van der Waals surface area (Å²) in [6, 6.07) is 4.33. The number of hydrogen-bond acceptors (Lipinski definition) is 4. The van der Waals surface area contributed by atoms with Gasteiger partial charge in [-0.3, -0.25) is 0 Å². The summed E-state index contributed by atoms with van der Waals surface area (Å²) in [4.78, 5) is 6.89. The molecule has 1 aromatic heterocycles. The average Bonchev–Trinajstić information content (AvgIpc) is 2.94. The van der Waals surface area contributed by atoms with Crippen LogP contribution in [0.25, 0.3) is 0 Å². The van der Waals surface area contributed by atoms with Crippen LogP contribution in [0, 0.1) is 5.92 Å². The molecular formula is C14H20N4O. The Labute approximate surface area is 113 Å². The lowest BCUT2D eigenvalue weighted by molar-refractivity contribution is 0.318. The van der Waals surface area contributed by atoms with Gasteiger partial charge >= 0.3 is 0 Å². The number of fused-ring (bicyclic) bond motifs is 1. The molecule has 3 N–H and O–H groups in total. The summed E-state index contributed by atoms with van der Waals surface area (Å²) in [5.74, 6) is 1.92. The van der Waals surface area contributed by atoms with E-state index in [-0.39, 0.29) is 5.84 Å². The molecule has 5 nitrogen and oxygen atoms in total. The van der Waals surface area contributed by atoms with Crippen LogP contribution in [-0.4, -0.2) is 28.6 Å². The molecule has 0 radical (unpaired) electrons. The van der Waals surface area contributed by atoms with Crippen molar-refractivity contribution in [3.05, 3.63) is 23.9 Å². The average molecular weight is 260 g/mol. The van der Waals surface area contributed by atoms with Gasteiger partial charge in [-0.15, -0.1) is 0 Å². The SMILES string of the molecule is NC(=NO)c1ccnc(N2CCCC3CCCC32)c1. The van der Waals surface area contributed by atoms with E-state index in [1.165, 1.54) is 32.1 Å². The van der Waals surface area contributed by atoms with E-state index in [0.717, 1.165) is 23.8 Å². The maximum atomic E-state index is 8.77. The Balaban J connectivity index is 1.88. The first-order chi connectivity index (χ1) is 9.29. The Bertz CT molecular complexity index is 488. The minimum atomic E-state index is 0.142. The van der Waals surface area contributed by atoms with Crippen LogP contribution in [0.1, 0.15) is 37.7 Å². The second-order valence-electron chi connectivity index (χ2n) is 5.48. The quantitative estimate of drug-likeness (QED) is 0.369. The molecule has 0 aromatic carbocycles. The Morgan fingerprint density at radius 1 is 1.37 bits per heavy atom. The van der Waals surface area contributed by atoms with Crippen LogP contribution in [0.4, 0.5) is 5.82 Å². The van der Waals surface area contributed by atoms with Crippen molar-refractivity contribution in [1.82, 2.24) is 4.98 Å². The summed E-state index contributed by atoms with van der Waals surface area (Å²) in [6.07, 6.45) is 8.26. The van der Waals surface area contributed by atoms with Crippen molar-refractivity contribution in [3.63, 3.8) is 0 Å². The fourth-order valence-corrected chi connectivity index (χ4v) is 3.53. The highest BCUT2D eigenvalue weighted by Gasteiger charge is 2.35. The molecule has 2 aliphatic rings. The van der Waals surface area contributed by atoms with Crippen LogP contribution >= 0.6 is 0 Å². The lowest BCUT2D eigenvalue weighted by Gasteiger charge is -2.38. The smallest absolute Gasteiger partial charge is 0.170 e. The van der Waals surface area contributed by atoms with E-state index in [9.17, 15) is 0 Å². The highest BCUT2D eigenvalue weighted by Crippen LogP contribution is 2.38. The Morgan fingerprint density at radius 2 is 2.21 bits per heavy atom. The largest absolute Gasteiger partial charge is 0.409 e. The number of pyridine rings is 1. The van der Waals surface area contributed by atoms with Gasteiger partial charge in [0.25, 0.3) is 0 Å². The number of piperidine rings is 1. The van der Waals surface area contributed by atoms with Crippen LogP contribution in [0.15, 0.2) is 23.5 Å². The van der Waals surface area contributed by atoms with Crippen molar-refractivity contribution in [3.8, 4) is 0 Å². The van der Waals surface area contributed by atoms with E-state index in [0.29, 0.717) is 6.04 Å². The second kappa shape index (κ2) is 5.07. The predicted molar refractivity (Wildman–Crippen MR) is 74.5 cm³/mol. The van der Waals surface area contributed by atoms with Gasteiger partial charge in [-0.25, -0.2) is 4.98 Å². The van der Waals surface area contributed by atoms with Gasteiger partial charge in [0.2, 0.25) is 0 Å². The minimum absolute atomic E-state index is 0.142. The number of nitrogens with two attached hydrogens (primary N) is 1. The molecule has 19 heavy (non-hydrogen) atoms. The number of anilines is 1. The first-order valence-corrected chi connectivity index (χ1v) is 7.00. The number of hydrogen-bond donors (Lipinski definition) is 2. The third kappa shape index (κ3) is 2.25. The van der Waals surface area contributed by atoms with E-state index in [4.69, 9.17) is 10.9 Å². The number of aromatic nitrogens is 1. The van der Waals surface area contributed by atoms with E-state index < -0.39 is 0 Å². The molecule has 2 unspecified atom stereocenters. The molecule has 3 rings (SSSR count). The Kier molecular flexibility index (Phi) is 3.27. The number of rotatable bonds is 2. The molecule has 2 atom stereocenters. The van der Waals surface area contributed by atoms with Gasteiger partial charge in [0.1, 0.15) is 5.82 Å². The molecular weight excluding hydrogens is 240 g/mol. The van der Waals surface area contributed by atoms with Crippen molar-refractivity contribution >= 4 is 11.7 Å². The van der Waals surface area contributed by atoms with Crippen LogP contribution in [0.3, 0.4) is 0 Å². The van der Waals surface area contributed by atoms with E-state index >= 15 is 0 Å². The molecule has 1 saturated carbocycles. The molecule has 0 amide bonds. The van der Waals surface area contributed by atoms with E-state index in [1.54, 1.807) is 12.3 Å². The number of amidine groups is 1. The summed E-state index contributed by atoms with van der Waals surface area (Å²) in [6.45, 7) is 1.06. The second-order valence-corrected chi connectivity index (χ2v) is 5.48. The van der Waals surface area contributed by atoms with Gasteiger partial charge in [-0.1, -0.05) is 11.6 Å². The van der Waals surface area contributed by atoms with Crippen molar-refractivity contribution in [2.24, 2.45) is 16.8 Å². The van der Waals surface area contributed by atoms with Gasteiger partial charge in [0, 0.05) is 24.3 Å². The maximum absolute atomic E-state index is 8.77. The van der Waals surface area contributed by atoms with Gasteiger partial charge < -0.3 is 15.8 Å². The van der Waals surface area contributed by atoms with Crippen LogP contribution in [0.5, 0.6) is 0 Å². The monoisotopic (exact) mass is 260 g/mol. The van der Waals surface area contributed by atoms with E-state index in [2.05, 4.69) is 15.0 Å². The van der Waals surface area contributed by atoms with Gasteiger partial charge in [-0.2, -0.15) is 0 Å². The molecule has 1 saturated heterocycles. The molecule has 1 aromatic rings. The van der Waals surface area contributed by atoms with Crippen molar-refractivity contribution in [2.45, 2.75) is 38.1 Å². The highest BCUT2D eigenvalue weighted by atomic mass is 16.4. The van der Waals surface area contributed by atoms with Gasteiger partial charge in [-0.05, 0) is 43.7 Å². The third-order valence-electron chi connectivity index (χ3n) is 4.44. The molecule has 0 spiro atoms. The first kappa shape index (κ1) is 12.3. The third-order valence-corrected chi connectivity index (χ3v) is 4.44. The first-order valence-electron chi connectivity index (χ1n) is 7.00. The van der Waals surface area contributed by atoms with Gasteiger partial charge in [0.15, 0.2) is 5.84 Å². The van der Waals surface area contributed by atoms with Crippen LogP contribution in [0.2, 0.25) is 0 Å². The van der Waals surface area contributed by atoms with Crippen molar-refractivity contribution in [1.29, 1.82) is 0 Å². The van der Waals surface area contributed by atoms with Crippen LogP contribution < -0.4 is 10.6 Å². The molecule has 102 valence electrons. The van der Waals surface area contributed by atoms with Crippen molar-refractivity contribution in [2.75, 3.05) is 11.4 Å². The summed E-state index contributed by atoms with van der Waals surface area (Å²) in [5, 5.41) is 11.8. The zero-order valence-corrected chi connectivity index (χ0v) is 11.0. The molecule has 2 fully saturated rings. The zero-order chi connectivity index (χ0) is 13.2. The van der Waals surface area contributed by atoms with Crippen molar-refractivity contribution < 1.29 is 5.21 Å². The summed E-state index contributed by atoms with van der Waals surface area (Å²) in [7, 11) is 0. The summed E-state index contributed by atoms with van der Waals surface area (Å²) in [5.41, 5.74) is 6.38. The fourth-order valence-electron chi connectivity index (χ4n) is 3.53. The molecule has 0 bridgehead atoms. The number of nitrogens with zero attached hydrogens (tertiary/aromatic N) is 3. The summed E-state index contributed by atoms with van der Waals surface area (Å²) >= 11 is 0. The van der Waals surface area contributed by atoms with Crippen LogP contribution in [-0.2, 0) is 0 Å². The fraction of sp³-hybridized carbons (Fsp3) is 0.571. The molecule has 1 aliphatic carbocycles. The Hall–Kier alpha value is -1.78. The maximum Gasteiger partial charge on any atom is 0.170 e. The standard InChI is InChI=1S/C14H20N4O/c15-14(17-19)11-6-7-16-13(9-11)18-8-2-4-10-3-1-5-12(10)18/h6-7,9-10,12,19H,1-5,8H2,(H2,15,17). The topological polar surface area (TPSA) is 74.7 Å². The zero-order valence-electron chi connectivity index (χ0n) is 11.0. The van der Waals surface area contributed by atoms with Gasteiger partial charge in [0.05, 0.1) is 0 Å². The minimum Gasteiger partial charge on any atom is -0.409 e.